The second-order valence-electron chi connectivity index (χ2n) is 5.02. The van der Waals surface area contributed by atoms with Crippen molar-refractivity contribution in [1.29, 1.82) is 0 Å². The molecule has 1 atom stereocenters. The Labute approximate surface area is 90.4 Å². The first-order valence-corrected chi connectivity index (χ1v) is 8.92. The van der Waals surface area contributed by atoms with E-state index in [0.717, 1.165) is 12.8 Å². The van der Waals surface area contributed by atoms with Crippen molar-refractivity contribution in [3.8, 4) is 11.8 Å². The van der Waals surface area contributed by atoms with Gasteiger partial charge in [0, 0.05) is 6.42 Å². The van der Waals surface area contributed by atoms with Crippen molar-refractivity contribution in [2.45, 2.75) is 59.4 Å². The van der Waals surface area contributed by atoms with Crippen LogP contribution in [0.25, 0.3) is 0 Å². The van der Waals surface area contributed by atoms with E-state index in [1.54, 1.807) is 0 Å². The lowest BCUT2D eigenvalue weighted by molar-refractivity contribution is 0.221. The summed E-state index contributed by atoms with van der Waals surface area (Å²) in [6.07, 6.45) is 2.13. The molecule has 0 aromatic rings. The Morgan fingerprint density at radius 1 is 1.21 bits per heavy atom. The van der Waals surface area contributed by atoms with Gasteiger partial charge in [-0.2, -0.15) is 0 Å². The smallest absolute Gasteiger partial charge is 0.185 e. The zero-order chi connectivity index (χ0) is 11.2. The average molecular weight is 212 g/mol. The third-order valence-corrected chi connectivity index (χ3v) is 2.61. The van der Waals surface area contributed by atoms with Crippen molar-refractivity contribution in [3.63, 3.8) is 0 Å². The fourth-order valence-electron chi connectivity index (χ4n) is 1.21. The molecule has 0 aromatic carbocycles. The van der Waals surface area contributed by atoms with Gasteiger partial charge < -0.3 is 4.43 Å². The summed E-state index contributed by atoms with van der Waals surface area (Å²) in [5.41, 5.74) is 0. The van der Waals surface area contributed by atoms with E-state index >= 15 is 0 Å². The van der Waals surface area contributed by atoms with Crippen molar-refractivity contribution >= 4 is 8.32 Å². The maximum atomic E-state index is 6.02. The van der Waals surface area contributed by atoms with Crippen LogP contribution in [0, 0.1) is 17.8 Å². The highest BCUT2D eigenvalue weighted by atomic mass is 28.4. The van der Waals surface area contributed by atoms with Crippen LogP contribution in [0.5, 0.6) is 0 Å². The van der Waals surface area contributed by atoms with Crippen molar-refractivity contribution < 1.29 is 4.43 Å². The predicted molar refractivity (Wildman–Crippen MR) is 65.7 cm³/mol. The molecular formula is C12H24OSi. The fourth-order valence-corrected chi connectivity index (χ4v) is 2.22. The molecule has 0 radical (unpaired) electrons. The van der Waals surface area contributed by atoms with E-state index in [2.05, 4.69) is 52.3 Å². The normalized spacial score (nSPS) is 13.6. The largest absolute Gasteiger partial charge is 0.404 e. The van der Waals surface area contributed by atoms with Crippen molar-refractivity contribution in [2.24, 2.45) is 5.92 Å². The van der Waals surface area contributed by atoms with E-state index in [1.165, 1.54) is 0 Å². The molecule has 0 N–H and O–H groups in total. The molecule has 14 heavy (non-hydrogen) atoms. The van der Waals surface area contributed by atoms with Gasteiger partial charge in [0.2, 0.25) is 0 Å². The van der Waals surface area contributed by atoms with Gasteiger partial charge in [-0.15, -0.1) is 5.92 Å². The first-order chi connectivity index (χ1) is 6.35. The third-order valence-electron chi connectivity index (χ3n) is 1.62. The minimum Gasteiger partial charge on any atom is -0.404 e. The lowest BCUT2D eigenvalue weighted by Crippen LogP contribution is -2.32. The molecule has 1 unspecified atom stereocenters. The maximum Gasteiger partial charge on any atom is 0.185 e. The molecule has 0 aliphatic rings. The molecule has 0 saturated heterocycles. The Bertz CT molecular complexity index is 205. The average Bonchev–Trinajstić information content (AvgIpc) is 1.96. The summed E-state index contributed by atoms with van der Waals surface area (Å²) in [6, 6.07) is 0. The van der Waals surface area contributed by atoms with Gasteiger partial charge in [-0.25, -0.2) is 0 Å². The van der Waals surface area contributed by atoms with Crippen LogP contribution in [-0.2, 0) is 4.43 Å². The van der Waals surface area contributed by atoms with Gasteiger partial charge in [0.1, 0.15) is 6.10 Å². The molecule has 0 heterocycles. The molecule has 0 rings (SSSR count). The third kappa shape index (κ3) is 8.34. The topological polar surface area (TPSA) is 9.23 Å². The molecule has 82 valence electrons. The predicted octanol–water partition coefficient (Wildman–Crippen LogP) is 3.67. The molecule has 0 aliphatic carbocycles. The van der Waals surface area contributed by atoms with Crippen LogP contribution >= 0.6 is 0 Å². The van der Waals surface area contributed by atoms with Crippen LogP contribution in [0.4, 0.5) is 0 Å². The highest BCUT2D eigenvalue weighted by Gasteiger charge is 2.20. The Kier molecular flexibility index (Phi) is 6.15. The quantitative estimate of drug-likeness (QED) is 0.510. The minimum atomic E-state index is -1.44. The zero-order valence-corrected chi connectivity index (χ0v) is 11.5. The van der Waals surface area contributed by atoms with Gasteiger partial charge in [-0.3, -0.25) is 0 Å². The van der Waals surface area contributed by atoms with Crippen LogP contribution in [0.15, 0.2) is 0 Å². The van der Waals surface area contributed by atoms with E-state index in [9.17, 15) is 0 Å². The molecular weight excluding hydrogens is 188 g/mol. The number of hydrogen-bond acceptors (Lipinski definition) is 1. The highest BCUT2D eigenvalue weighted by molar-refractivity contribution is 6.69. The van der Waals surface area contributed by atoms with E-state index in [0.29, 0.717) is 5.92 Å². The van der Waals surface area contributed by atoms with Gasteiger partial charge in [0.25, 0.3) is 0 Å². The summed E-state index contributed by atoms with van der Waals surface area (Å²) in [6.45, 7) is 13.2. The van der Waals surface area contributed by atoms with Crippen LogP contribution < -0.4 is 0 Å². The summed E-state index contributed by atoms with van der Waals surface area (Å²) >= 11 is 0. The standard InChI is InChI=1S/C12H24OSi/c1-7-8-9-12(10-11(2)3)13-14(4,5)6/h11-12H,7,10H2,1-6H3. The molecule has 0 aromatic heterocycles. The maximum absolute atomic E-state index is 6.02. The van der Waals surface area contributed by atoms with Crippen LogP contribution in [0.3, 0.4) is 0 Å². The Morgan fingerprint density at radius 2 is 1.79 bits per heavy atom. The van der Waals surface area contributed by atoms with Crippen LogP contribution in [0.1, 0.15) is 33.6 Å². The van der Waals surface area contributed by atoms with E-state index in [-0.39, 0.29) is 6.10 Å². The van der Waals surface area contributed by atoms with Crippen molar-refractivity contribution in [2.75, 3.05) is 0 Å². The second kappa shape index (κ2) is 6.26. The minimum absolute atomic E-state index is 0.154. The molecule has 0 spiro atoms. The van der Waals surface area contributed by atoms with Crippen molar-refractivity contribution in [3.05, 3.63) is 0 Å². The van der Waals surface area contributed by atoms with Gasteiger partial charge in [0.15, 0.2) is 8.32 Å². The monoisotopic (exact) mass is 212 g/mol. The number of hydrogen-bond donors (Lipinski definition) is 0. The van der Waals surface area contributed by atoms with Gasteiger partial charge in [-0.1, -0.05) is 26.7 Å². The fraction of sp³-hybridized carbons (Fsp3) is 0.833. The summed E-state index contributed by atoms with van der Waals surface area (Å²) in [5, 5.41) is 0. The summed E-state index contributed by atoms with van der Waals surface area (Å²) in [7, 11) is -1.44. The van der Waals surface area contributed by atoms with Crippen molar-refractivity contribution in [1.82, 2.24) is 0 Å². The Hall–Kier alpha value is -0.263. The van der Waals surface area contributed by atoms with Gasteiger partial charge >= 0.3 is 0 Å². The summed E-state index contributed by atoms with van der Waals surface area (Å²) in [5.74, 6) is 7.00. The molecule has 0 bridgehead atoms. The molecule has 0 amide bonds. The number of rotatable bonds is 4. The molecule has 0 fully saturated rings. The van der Waals surface area contributed by atoms with E-state index in [4.69, 9.17) is 4.43 Å². The van der Waals surface area contributed by atoms with E-state index in [1.807, 2.05) is 0 Å². The first-order valence-electron chi connectivity index (χ1n) is 5.51. The Balaban J connectivity index is 4.25. The highest BCUT2D eigenvalue weighted by Crippen LogP contribution is 2.13. The van der Waals surface area contributed by atoms with E-state index < -0.39 is 8.32 Å². The van der Waals surface area contributed by atoms with Gasteiger partial charge in [-0.05, 0) is 32.0 Å². The second-order valence-corrected chi connectivity index (χ2v) is 9.48. The summed E-state index contributed by atoms with van der Waals surface area (Å²) in [4.78, 5) is 0. The molecule has 2 heteroatoms. The molecule has 1 nitrogen and oxygen atoms in total. The lowest BCUT2D eigenvalue weighted by Gasteiger charge is -2.23. The zero-order valence-electron chi connectivity index (χ0n) is 10.5. The molecule has 0 saturated carbocycles. The van der Waals surface area contributed by atoms with Gasteiger partial charge in [0.05, 0.1) is 0 Å². The van der Waals surface area contributed by atoms with Crippen LogP contribution in [0.2, 0.25) is 19.6 Å². The summed E-state index contributed by atoms with van der Waals surface area (Å²) < 4.78 is 6.02. The molecule has 0 aliphatic heterocycles. The Morgan fingerprint density at radius 3 is 2.14 bits per heavy atom. The SMILES string of the molecule is CCC#CC(CC(C)C)O[Si](C)(C)C. The van der Waals surface area contributed by atoms with Crippen LogP contribution in [-0.4, -0.2) is 14.4 Å². The lowest BCUT2D eigenvalue weighted by atomic mass is 10.1. The first kappa shape index (κ1) is 13.7.